The molecule has 35 heavy (non-hydrogen) atoms. The molecule has 1 heterocycles. The zero-order valence-electron chi connectivity index (χ0n) is 20.1. The number of benzene rings is 3. The Morgan fingerprint density at radius 3 is 2.26 bits per heavy atom. The topological polar surface area (TPSA) is 69.0 Å². The fraction of sp³-hybridized carbons (Fsp3) is 0.222. The van der Waals surface area contributed by atoms with Crippen molar-refractivity contribution in [2.75, 3.05) is 11.1 Å². The summed E-state index contributed by atoms with van der Waals surface area (Å²) in [6.45, 7) is 8.31. The minimum atomic E-state index is -0.104. The predicted octanol–water partition coefficient (Wildman–Crippen LogP) is 6.46. The van der Waals surface area contributed by atoms with Crippen molar-refractivity contribution in [3.8, 4) is 11.4 Å². The highest BCUT2D eigenvalue weighted by Crippen LogP contribution is 2.26. The summed E-state index contributed by atoms with van der Waals surface area (Å²) in [4.78, 5) is 12.8. The van der Waals surface area contributed by atoms with Gasteiger partial charge in [-0.2, -0.15) is 0 Å². The summed E-state index contributed by atoms with van der Waals surface area (Å²) in [5.41, 5.74) is 6.11. The Labute approximate surface area is 214 Å². The van der Waals surface area contributed by atoms with E-state index < -0.39 is 0 Å². The van der Waals surface area contributed by atoms with E-state index in [0.717, 1.165) is 33.8 Å². The van der Waals surface area contributed by atoms with Crippen LogP contribution in [0.1, 0.15) is 28.1 Å². The average Bonchev–Trinajstić information content (AvgIpc) is 3.23. The molecular formula is C27H27ClN4O2S. The van der Waals surface area contributed by atoms with E-state index in [1.54, 1.807) is 0 Å². The number of aryl methyl sites for hydroxylation is 4. The number of halogens is 1. The Morgan fingerprint density at radius 2 is 1.60 bits per heavy atom. The fourth-order valence-corrected chi connectivity index (χ4v) is 4.70. The minimum absolute atomic E-state index is 0.104. The van der Waals surface area contributed by atoms with E-state index in [9.17, 15) is 4.79 Å². The van der Waals surface area contributed by atoms with Crippen molar-refractivity contribution < 1.29 is 9.53 Å². The lowest BCUT2D eigenvalue weighted by molar-refractivity contribution is -0.113. The van der Waals surface area contributed by atoms with Crippen LogP contribution in [0.3, 0.4) is 0 Å². The van der Waals surface area contributed by atoms with E-state index >= 15 is 0 Å². The van der Waals surface area contributed by atoms with Crippen LogP contribution in [0.15, 0.2) is 65.8 Å². The quantitative estimate of drug-likeness (QED) is 0.277. The molecule has 0 aliphatic heterocycles. The first kappa shape index (κ1) is 24.8. The molecule has 0 aliphatic carbocycles. The number of nitrogens with one attached hydrogen (secondary N) is 1. The van der Waals surface area contributed by atoms with Gasteiger partial charge in [-0.25, -0.2) is 0 Å². The zero-order chi connectivity index (χ0) is 24.9. The lowest BCUT2D eigenvalue weighted by Gasteiger charge is -2.13. The Morgan fingerprint density at radius 1 is 0.943 bits per heavy atom. The number of aromatic nitrogens is 3. The number of carbonyl (C=O) groups is 1. The van der Waals surface area contributed by atoms with E-state index in [4.69, 9.17) is 16.3 Å². The second-order valence-electron chi connectivity index (χ2n) is 8.42. The van der Waals surface area contributed by atoms with Crippen molar-refractivity contribution in [1.29, 1.82) is 0 Å². The SMILES string of the molecule is Cc1ccc(OCc2nnc(SCC(=O)Nc3c(C)cc(C)cc3C)n2-c2ccc(Cl)cc2)cc1. The molecule has 0 radical (unpaired) electrons. The van der Waals surface area contributed by atoms with Gasteiger partial charge in [-0.05, 0) is 75.2 Å². The Balaban J connectivity index is 1.52. The Hall–Kier alpha value is -3.29. The molecule has 3 aromatic carbocycles. The van der Waals surface area contributed by atoms with E-state index in [1.165, 1.54) is 17.3 Å². The second-order valence-corrected chi connectivity index (χ2v) is 9.80. The summed E-state index contributed by atoms with van der Waals surface area (Å²) in [6.07, 6.45) is 0. The molecule has 0 saturated carbocycles. The zero-order valence-corrected chi connectivity index (χ0v) is 21.7. The molecule has 0 aliphatic rings. The van der Waals surface area contributed by atoms with Gasteiger partial charge >= 0.3 is 0 Å². The van der Waals surface area contributed by atoms with Gasteiger partial charge in [0.25, 0.3) is 0 Å². The van der Waals surface area contributed by atoms with E-state index in [-0.39, 0.29) is 18.3 Å². The van der Waals surface area contributed by atoms with Crippen molar-refractivity contribution in [3.05, 3.63) is 93.8 Å². The third-order valence-electron chi connectivity index (χ3n) is 5.45. The van der Waals surface area contributed by atoms with Gasteiger partial charge in [0.1, 0.15) is 12.4 Å². The summed E-state index contributed by atoms with van der Waals surface area (Å²) in [5.74, 6) is 1.46. The average molecular weight is 507 g/mol. The molecule has 0 bridgehead atoms. The fourth-order valence-electron chi connectivity index (χ4n) is 3.80. The molecule has 0 unspecified atom stereocenters. The number of nitrogens with zero attached hydrogens (tertiary/aromatic N) is 3. The van der Waals surface area contributed by atoms with Crippen LogP contribution in [0, 0.1) is 27.7 Å². The van der Waals surface area contributed by atoms with Gasteiger partial charge in [-0.1, -0.05) is 58.8 Å². The highest BCUT2D eigenvalue weighted by molar-refractivity contribution is 7.99. The van der Waals surface area contributed by atoms with Crippen molar-refractivity contribution in [1.82, 2.24) is 14.8 Å². The highest BCUT2D eigenvalue weighted by atomic mass is 35.5. The number of carbonyl (C=O) groups excluding carboxylic acids is 1. The van der Waals surface area contributed by atoms with Crippen LogP contribution in [0.25, 0.3) is 5.69 Å². The van der Waals surface area contributed by atoms with Gasteiger partial charge in [0.05, 0.1) is 5.75 Å². The van der Waals surface area contributed by atoms with Crippen LogP contribution >= 0.6 is 23.4 Å². The summed E-state index contributed by atoms with van der Waals surface area (Å²) in [6, 6.07) is 19.4. The van der Waals surface area contributed by atoms with Crippen LogP contribution < -0.4 is 10.1 Å². The molecule has 1 aromatic heterocycles. The second kappa shape index (κ2) is 11.0. The molecule has 1 amide bonds. The monoisotopic (exact) mass is 506 g/mol. The number of anilines is 1. The molecular weight excluding hydrogens is 480 g/mol. The van der Waals surface area contributed by atoms with Gasteiger partial charge in [0.2, 0.25) is 5.91 Å². The number of hydrogen-bond acceptors (Lipinski definition) is 5. The molecule has 0 saturated heterocycles. The third kappa shape index (κ3) is 6.24. The predicted molar refractivity (Wildman–Crippen MR) is 142 cm³/mol. The third-order valence-corrected chi connectivity index (χ3v) is 6.63. The van der Waals surface area contributed by atoms with Crippen LogP contribution in [0.4, 0.5) is 5.69 Å². The van der Waals surface area contributed by atoms with Crippen molar-refractivity contribution in [2.45, 2.75) is 39.5 Å². The summed E-state index contributed by atoms with van der Waals surface area (Å²) in [7, 11) is 0. The van der Waals surface area contributed by atoms with Gasteiger partial charge in [-0.3, -0.25) is 9.36 Å². The number of ether oxygens (including phenoxy) is 1. The molecule has 1 N–H and O–H groups in total. The normalized spacial score (nSPS) is 10.9. The van der Waals surface area contributed by atoms with Gasteiger partial charge in [0, 0.05) is 16.4 Å². The molecule has 180 valence electrons. The van der Waals surface area contributed by atoms with Gasteiger partial charge < -0.3 is 10.1 Å². The number of amides is 1. The van der Waals surface area contributed by atoms with Gasteiger partial charge in [-0.15, -0.1) is 10.2 Å². The van der Waals surface area contributed by atoms with E-state index in [2.05, 4.69) is 27.6 Å². The van der Waals surface area contributed by atoms with Crippen molar-refractivity contribution >= 4 is 35.0 Å². The number of thioether (sulfide) groups is 1. The smallest absolute Gasteiger partial charge is 0.234 e. The summed E-state index contributed by atoms with van der Waals surface area (Å²) < 4.78 is 7.84. The molecule has 6 nitrogen and oxygen atoms in total. The first-order chi connectivity index (χ1) is 16.8. The first-order valence-electron chi connectivity index (χ1n) is 11.2. The summed E-state index contributed by atoms with van der Waals surface area (Å²) in [5, 5.41) is 13.0. The lowest BCUT2D eigenvalue weighted by Crippen LogP contribution is -2.16. The van der Waals surface area contributed by atoms with E-state index in [0.29, 0.717) is 16.0 Å². The molecule has 0 spiro atoms. The standard InChI is InChI=1S/C27H27ClN4O2S/c1-17-5-11-23(12-6-17)34-15-24-30-31-27(32(24)22-9-7-21(28)8-10-22)35-16-25(33)29-26-19(3)13-18(2)14-20(26)4/h5-14H,15-16H2,1-4H3,(H,29,33). The highest BCUT2D eigenvalue weighted by Gasteiger charge is 2.17. The Bertz CT molecular complexity index is 1310. The molecule has 4 rings (SSSR count). The number of rotatable bonds is 8. The van der Waals surface area contributed by atoms with Gasteiger partial charge in [0.15, 0.2) is 11.0 Å². The maximum atomic E-state index is 12.8. The van der Waals surface area contributed by atoms with Crippen LogP contribution in [0.5, 0.6) is 5.75 Å². The maximum absolute atomic E-state index is 12.8. The number of hydrogen-bond donors (Lipinski definition) is 1. The molecule has 8 heteroatoms. The lowest BCUT2D eigenvalue weighted by atomic mass is 10.1. The van der Waals surface area contributed by atoms with Crippen LogP contribution in [0.2, 0.25) is 5.02 Å². The first-order valence-corrected chi connectivity index (χ1v) is 12.6. The van der Waals surface area contributed by atoms with Crippen LogP contribution in [-0.4, -0.2) is 26.4 Å². The Kier molecular flexibility index (Phi) is 7.78. The molecule has 4 aromatic rings. The largest absolute Gasteiger partial charge is 0.486 e. The van der Waals surface area contributed by atoms with Crippen molar-refractivity contribution in [2.24, 2.45) is 0 Å². The molecule has 0 atom stereocenters. The van der Waals surface area contributed by atoms with Crippen molar-refractivity contribution in [3.63, 3.8) is 0 Å². The maximum Gasteiger partial charge on any atom is 0.234 e. The van der Waals surface area contributed by atoms with E-state index in [1.807, 2.05) is 80.8 Å². The summed E-state index contributed by atoms with van der Waals surface area (Å²) >= 11 is 7.42. The minimum Gasteiger partial charge on any atom is -0.486 e. The molecule has 0 fully saturated rings. The van der Waals surface area contributed by atoms with Crippen LogP contribution in [-0.2, 0) is 11.4 Å².